The Kier molecular flexibility index (Phi) is 6.16. The summed E-state index contributed by atoms with van der Waals surface area (Å²) in [6.45, 7) is 4.16. The number of nitrogens with one attached hydrogen (secondary N) is 1. The molecule has 0 aliphatic carbocycles. The third-order valence-electron chi connectivity index (χ3n) is 2.78. The molecule has 0 aliphatic heterocycles. The number of rotatable bonds is 7. The van der Waals surface area contributed by atoms with Gasteiger partial charge in [0.2, 0.25) is 10.0 Å². The molecule has 1 aromatic rings. The SMILES string of the molecule is CCSCC(C)Nc1cc(S(=O)(=O)N(C)C)ccc1N. The topological polar surface area (TPSA) is 75.4 Å². The first kappa shape index (κ1) is 17.1. The Labute approximate surface area is 126 Å². The highest BCUT2D eigenvalue weighted by molar-refractivity contribution is 7.99. The smallest absolute Gasteiger partial charge is 0.242 e. The minimum atomic E-state index is -3.44. The molecule has 0 fully saturated rings. The first-order chi connectivity index (χ1) is 9.28. The van der Waals surface area contributed by atoms with Gasteiger partial charge < -0.3 is 11.1 Å². The molecular weight excluding hydrogens is 294 g/mol. The van der Waals surface area contributed by atoms with Gasteiger partial charge in [-0.3, -0.25) is 0 Å². The van der Waals surface area contributed by atoms with Gasteiger partial charge in [-0.1, -0.05) is 6.92 Å². The Morgan fingerprint density at radius 3 is 2.60 bits per heavy atom. The van der Waals surface area contributed by atoms with Crippen LogP contribution in [0.2, 0.25) is 0 Å². The molecule has 7 heteroatoms. The van der Waals surface area contributed by atoms with Gasteiger partial charge in [-0.25, -0.2) is 12.7 Å². The third kappa shape index (κ3) is 4.29. The quantitative estimate of drug-likeness (QED) is 0.753. The van der Waals surface area contributed by atoms with Crippen molar-refractivity contribution in [2.45, 2.75) is 24.8 Å². The maximum atomic E-state index is 12.1. The molecular formula is C13H23N3O2S2. The van der Waals surface area contributed by atoms with Gasteiger partial charge >= 0.3 is 0 Å². The molecule has 3 N–H and O–H groups in total. The van der Waals surface area contributed by atoms with E-state index in [-0.39, 0.29) is 10.9 Å². The van der Waals surface area contributed by atoms with Crippen LogP contribution in [0.1, 0.15) is 13.8 Å². The van der Waals surface area contributed by atoms with Gasteiger partial charge in [0.25, 0.3) is 0 Å². The van der Waals surface area contributed by atoms with E-state index in [9.17, 15) is 8.42 Å². The Bertz CT molecular complexity index is 545. The van der Waals surface area contributed by atoms with Crippen LogP contribution in [0.25, 0.3) is 0 Å². The van der Waals surface area contributed by atoms with Gasteiger partial charge in [0.15, 0.2) is 0 Å². The van der Waals surface area contributed by atoms with Crippen molar-refractivity contribution in [1.29, 1.82) is 0 Å². The zero-order valence-corrected chi connectivity index (χ0v) is 14.0. The van der Waals surface area contributed by atoms with Crippen LogP contribution in [0.3, 0.4) is 0 Å². The van der Waals surface area contributed by atoms with Crippen LogP contribution in [0.15, 0.2) is 23.1 Å². The third-order valence-corrected chi connectivity index (χ3v) is 5.73. The van der Waals surface area contributed by atoms with E-state index in [0.717, 1.165) is 11.5 Å². The lowest BCUT2D eigenvalue weighted by Gasteiger charge is -2.18. The average molecular weight is 317 g/mol. The molecule has 0 spiro atoms. The van der Waals surface area contributed by atoms with Crippen molar-refractivity contribution in [3.8, 4) is 0 Å². The van der Waals surface area contributed by atoms with Crippen molar-refractivity contribution in [3.63, 3.8) is 0 Å². The number of hydrogen-bond acceptors (Lipinski definition) is 5. The summed E-state index contributed by atoms with van der Waals surface area (Å²) in [6, 6.07) is 4.97. The standard InChI is InChI=1S/C13H23N3O2S2/c1-5-19-9-10(2)15-13-8-11(6-7-12(13)14)20(17,18)16(3)4/h6-8,10,15H,5,9,14H2,1-4H3. The first-order valence-electron chi connectivity index (χ1n) is 6.45. The van der Waals surface area contributed by atoms with Crippen LogP contribution in [-0.2, 0) is 10.0 Å². The monoisotopic (exact) mass is 317 g/mol. The molecule has 1 unspecified atom stereocenters. The molecule has 0 bridgehead atoms. The van der Waals surface area contributed by atoms with Crippen molar-refractivity contribution < 1.29 is 8.42 Å². The minimum Gasteiger partial charge on any atom is -0.397 e. The van der Waals surface area contributed by atoms with E-state index in [1.54, 1.807) is 12.1 Å². The summed E-state index contributed by atoms with van der Waals surface area (Å²) >= 11 is 1.83. The molecule has 1 atom stereocenters. The first-order valence-corrected chi connectivity index (χ1v) is 9.04. The zero-order chi connectivity index (χ0) is 15.3. The second-order valence-corrected chi connectivity index (χ2v) is 8.21. The molecule has 0 heterocycles. The van der Waals surface area contributed by atoms with Gasteiger partial charge in [-0.05, 0) is 30.9 Å². The number of benzene rings is 1. The van der Waals surface area contributed by atoms with E-state index in [0.29, 0.717) is 11.4 Å². The minimum absolute atomic E-state index is 0.222. The second-order valence-electron chi connectivity index (χ2n) is 4.74. The Morgan fingerprint density at radius 2 is 2.05 bits per heavy atom. The summed E-state index contributed by atoms with van der Waals surface area (Å²) in [5.41, 5.74) is 7.12. The number of anilines is 2. The zero-order valence-electron chi connectivity index (χ0n) is 12.4. The fourth-order valence-corrected chi connectivity index (χ4v) is 3.23. The van der Waals surface area contributed by atoms with E-state index in [1.165, 1.54) is 24.5 Å². The van der Waals surface area contributed by atoms with Gasteiger partial charge in [-0.2, -0.15) is 11.8 Å². The van der Waals surface area contributed by atoms with Crippen LogP contribution in [0.5, 0.6) is 0 Å². The highest BCUT2D eigenvalue weighted by atomic mass is 32.2. The maximum Gasteiger partial charge on any atom is 0.242 e. The van der Waals surface area contributed by atoms with Crippen LogP contribution in [-0.4, -0.2) is 44.4 Å². The van der Waals surface area contributed by atoms with Crippen molar-refractivity contribution in [2.24, 2.45) is 0 Å². The molecule has 114 valence electrons. The van der Waals surface area contributed by atoms with E-state index < -0.39 is 10.0 Å². The summed E-state index contributed by atoms with van der Waals surface area (Å²) in [5, 5.41) is 3.27. The summed E-state index contributed by atoms with van der Waals surface area (Å²) in [7, 11) is -0.410. The maximum absolute atomic E-state index is 12.1. The molecule has 0 aromatic heterocycles. The van der Waals surface area contributed by atoms with Crippen molar-refractivity contribution >= 4 is 33.2 Å². The number of thioether (sulfide) groups is 1. The second kappa shape index (κ2) is 7.19. The van der Waals surface area contributed by atoms with Crippen LogP contribution in [0, 0.1) is 0 Å². The summed E-state index contributed by atoms with van der Waals surface area (Å²) < 4.78 is 25.4. The molecule has 0 amide bonds. The molecule has 0 saturated carbocycles. The average Bonchev–Trinajstić information content (AvgIpc) is 2.38. The number of nitrogens with two attached hydrogens (primary N) is 1. The molecule has 1 rings (SSSR count). The Hall–Kier alpha value is -0.920. The van der Waals surface area contributed by atoms with Gasteiger partial charge in [0.1, 0.15) is 0 Å². The number of nitrogens with zero attached hydrogens (tertiary/aromatic N) is 1. The lowest BCUT2D eigenvalue weighted by atomic mass is 10.2. The molecule has 1 aromatic carbocycles. The van der Waals surface area contributed by atoms with E-state index in [4.69, 9.17) is 5.73 Å². The molecule has 0 aliphatic rings. The van der Waals surface area contributed by atoms with Gasteiger partial charge in [0, 0.05) is 25.9 Å². The largest absolute Gasteiger partial charge is 0.397 e. The molecule has 5 nitrogen and oxygen atoms in total. The predicted octanol–water partition coefficient (Wildman–Crippen LogP) is 2.07. The Morgan fingerprint density at radius 1 is 1.40 bits per heavy atom. The van der Waals surface area contributed by atoms with Crippen LogP contribution >= 0.6 is 11.8 Å². The molecule has 20 heavy (non-hydrogen) atoms. The van der Waals surface area contributed by atoms with Crippen molar-refractivity contribution in [2.75, 3.05) is 36.7 Å². The van der Waals surface area contributed by atoms with E-state index >= 15 is 0 Å². The fraction of sp³-hybridized carbons (Fsp3) is 0.538. The highest BCUT2D eigenvalue weighted by Gasteiger charge is 2.18. The fourth-order valence-electron chi connectivity index (χ4n) is 1.63. The normalized spacial score (nSPS) is 13.4. The number of sulfonamides is 1. The summed E-state index contributed by atoms with van der Waals surface area (Å²) in [5.74, 6) is 2.00. The van der Waals surface area contributed by atoms with E-state index in [1.807, 2.05) is 11.8 Å². The van der Waals surface area contributed by atoms with Gasteiger partial charge in [-0.15, -0.1) is 0 Å². The number of hydrogen-bond donors (Lipinski definition) is 2. The van der Waals surface area contributed by atoms with Gasteiger partial charge in [0.05, 0.1) is 16.3 Å². The van der Waals surface area contributed by atoms with Crippen molar-refractivity contribution in [3.05, 3.63) is 18.2 Å². The summed E-state index contributed by atoms with van der Waals surface area (Å²) in [6.07, 6.45) is 0. The highest BCUT2D eigenvalue weighted by Crippen LogP contribution is 2.25. The predicted molar refractivity (Wildman–Crippen MR) is 87.8 cm³/mol. The molecule has 0 saturated heterocycles. The lowest BCUT2D eigenvalue weighted by Crippen LogP contribution is -2.23. The molecule has 0 radical (unpaired) electrons. The lowest BCUT2D eigenvalue weighted by molar-refractivity contribution is 0.521. The van der Waals surface area contributed by atoms with Crippen LogP contribution in [0.4, 0.5) is 11.4 Å². The Balaban J connectivity index is 2.98. The van der Waals surface area contributed by atoms with Crippen molar-refractivity contribution in [1.82, 2.24) is 4.31 Å². The van der Waals surface area contributed by atoms with Crippen LogP contribution < -0.4 is 11.1 Å². The van der Waals surface area contributed by atoms with E-state index in [2.05, 4.69) is 19.2 Å². The summed E-state index contributed by atoms with van der Waals surface area (Å²) in [4.78, 5) is 0.245. The number of nitrogen functional groups attached to an aromatic ring is 1.